The second-order valence-corrected chi connectivity index (χ2v) is 6.11. The van der Waals surface area contributed by atoms with Crippen molar-refractivity contribution >= 4 is 38.9 Å². The number of halogens is 2. The van der Waals surface area contributed by atoms with E-state index >= 15 is 0 Å². The molecule has 0 radical (unpaired) electrons. The van der Waals surface area contributed by atoms with Crippen LogP contribution in [0.3, 0.4) is 0 Å². The van der Waals surface area contributed by atoms with Crippen molar-refractivity contribution in [2.75, 3.05) is 16.6 Å². The number of rotatable bonds is 1. The Morgan fingerprint density at radius 3 is 2.60 bits per heavy atom. The average Bonchev–Trinajstić information content (AvgIpc) is 2.50. The third-order valence-corrected chi connectivity index (χ3v) is 4.96. The van der Waals surface area contributed by atoms with Crippen LogP contribution in [0.2, 0.25) is 10.0 Å². The summed E-state index contributed by atoms with van der Waals surface area (Å²) >= 11 is 11.8. The number of hydrogen-bond acceptors (Lipinski definition) is 2. The van der Waals surface area contributed by atoms with Gasteiger partial charge >= 0.3 is 0 Å². The van der Waals surface area contributed by atoms with E-state index in [0.717, 1.165) is 0 Å². The number of anilines is 1. The molecule has 1 aliphatic heterocycles. The molecule has 1 fully saturated rings. The van der Waals surface area contributed by atoms with Crippen molar-refractivity contribution in [1.29, 1.82) is 0 Å². The minimum atomic E-state index is -3.19. The second-order valence-electron chi connectivity index (χ2n) is 3.31. The smallest absolute Gasteiger partial charge is 0.235 e. The third kappa shape index (κ3) is 1.94. The quantitative estimate of drug-likeness (QED) is 0.783. The van der Waals surface area contributed by atoms with E-state index in [9.17, 15) is 8.42 Å². The van der Waals surface area contributed by atoms with Crippen molar-refractivity contribution in [3.05, 3.63) is 28.2 Å². The van der Waals surface area contributed by atoms with E-state index in [1.165, 1.54) is 4.31 Å². The first-order valence-corrected chi connectivity index (χ1v) is 6.83. The molecular weight excluding hydrogens is 257 g/mol. The topological polar surface area (TPSA) is 37.4 Å². The first kappa shape index (κ1) is 11.0. The van der Waals surface area contributed by atoms with Crippen LogP contribution in [0.5, 0.6) is 0 Å². The molecule has 6 heteroatoms. The Hall–Kier alpha value is -0.450. The maximum absolute atomic E-state index is 11.6. The maximum atomic E-state index is 11.6. The molecule has 0 atom stereocenters. The van der Waals surface area contributed by atoms with Crippen molar-refractivity contribution in [3.63, 3.8) is 0 Å². The largest absolute Gasteiger partial charge is 0.269 e. The molecule has 15 heavy (non-hydrogen) atoms. The molecular formula is C9H9Cl2NO2S. The number of hydrogen-bond donors (Lipinski definition) is 0. The van der Waals surface area contributed by atoms with Crippen LogP contribution in [0.15, 0.2) is 18.2 Å². The first-order chi connectivity index (χ1) is 7.02. The van der Waals surface area contributed by atoms with Gasteiger partial charge in [-0.25, -0.2) is 8.42 Å². The number of benzene rings is 1. The Kier molecular flexibility index (Phi) is 2.83. The minimum Gasteiger partial charge on any atom is -0.269 e. The molecule has 0 spiro atoms. The summed E-state index contributed by atoms with van der Waals surface area (Å²) in [6.07, 6.45) is 0.630. The van der Waals surface area contributed by atoms with E-state index in [1.807, 2.05) is 0 Å². The van der Waals surface area contributed by atoms with Crippen molar-refractivity contribution in [3.8, 4) is 0 Å². The van der Waals surface area contributed by atoms with Crippen molar-refractivity contribution in [1.82, 2.24) is 0 Å². The van der Waals surface area contributed by atoms with Gasteiger partial charge < -0.3 is 0 Å². The Labute approximate surface area is 98.6 Å². The predicted octanol–water partition coefficient (Wildman–Crippen LogP) is 2.53. The van der Waals surface area contributed by atoms with E-state index in [-0.39, 0.29) is 5.75 Å². The summed E-state index contributed by atoms with van der Waals surface area (Å²) in [4.78, 5) is 0. The highest BCUT2D eigenvalue weighted by molar-refractivity contribution is 7.93. The highest BCUT2D eigenvalue weighted by Crippen LogP contribution is 2.35. The fourth-order valence-corrected chi connectivity index (χ4v) is 3.62. The summed E-state index contributed by atoms with van der Waals surface area (Å²) in [6, 6.07) is 4.99. The maximum Gasteiger partial charge on any atom is 0.235 e. The lowest BCUT2D eigenvalue weighted by molar-refractivity contribution is 0.599. The molecule has 1 aromatic rings. The Morgan fingerprint density at radius 2 is 2.00 bits per heavy atom. The van der Waals surface area contributed by atoms with Crippen LogP contribution in [0.25, 0.3) is 0 Å². The first-order valence-electron chi connectivity index (χ1n) is 4.47. The van der Waals surface area contributed by atoms with E-state index in [4.69, 9.17) is 23.2 Å². The lowest BCUT2D eigenvalue weighted by Crippen LogP contribution is -2.25. The molecule has 0 bridgehead atoms. The molecule has 1 heterocycles. The van der Waals surface area contributed by atoms with Crippen LogP contribution in [0.1, 0.15) is 6.42 Å². The highest BCUT2D eigenvalue weighted by atomic mass is 35.5. The second kappa shape index (κ2) is 3.85. The monoisotopic (exact) mass is 265 g/mol. The zero-order valence-corrected chi connectivity index (χ0v) is 10.1. The minimum absolute atomic E-state index is 0.176. The fourth-order valence-electron chi connectivity index (χ4n) is 1.60. The highest BCUT2D eigenvalue weighted by Gasteiger charge is 2.30. The summed E-state index contributed by atoms with van der Waals surface area (Å²) in [6.45, 7) is 0.475. The standard InChI is InChI=1S/C9H9Cl2NO2S/c10-7-3-1-4-8(9(7)11)12-5-2-6-15(12,13)14/h1,3-4H,2,5-6H2. The zero-order valence-electron chi connectivity index (χ0n) is 7.78. The lowest BCUT2D eigenvalue weighted by atomic mass is 10.3. The van der Waals surface area contributed by atoms with Gasteiger partial charge in [0.25, 0.3) is 0 Å². The molecule has 1 saturated heterocycles. The van der Waals surface area contributed by atoms with Crippen molar-refractivity contribution in [2.45, 2.75) is 6.42 Å². The van der Waals surface area contributed by atoms with Gasteiger partial charge in [0, 0.05) is 6.54 Å². The summed E-state index contributed by atoms with van der Waals surface area (Å²) in [5, 5.41) is 0.668. The summed E-state index contributed by atoms with van der Waals surface area (Å²) in [7, 11) is -3.19. The molecule has 1 aromatic carbocycles. The molecule has 1 aliphatic rings. The zero-order chi connectivity index (χ0) is 11.1. The SMILES string of the molecule is O=S1(=O)CCCN1c1cccc(Cl)c1Cl. The van der Waals surface area contributed by atoms with E-state index in [2.05, 4.69) is 0 Å². The van der Waals surface area contributed by atoms with Gasteiger partial charge in [0.15, 0.2) is 0 Å². The molecule has 2 rings (SSSR count). The summed E-state index contributed by atoms with van der Waals surface area (Å²) in [5.74, 6) is 0.176. The molecule has 0 N–H and O–H groups in total. The van der Waals surface area contributed by atoms with Crippen LogP contribution in [0.4, 0.5) is 5.69 Å². The van der Waals surface area contributed by atoms with Crippen LogP contribution < -0.4 is 4.31 Å². The number of sulfonamides is 1. The van der Waals surface area contributed by atoms with Gasteiger partial charge in [0.2, 0.25) is 10.0 Å². The molecule has 0 aliphatic carbocycles. The van der Waals surface area contributed by atoms with Gasteiger partial charge in [0.1, 0.15) is 0 Å². The Morgan fingerprint density at radius 1 is 1.27 bits per heavy atom. The van der Waals surface area contributed by atoms with E-state index in [1.54, 1.807) is 18.2 Å². The fraction of sp³-hybridized carbons (Fsp3) is 0.333. The summed E-state index contributed by atoms with van der Waals surface area (Å²) < 4.78 is 24.6. The molecule has 82 valence electrons. The van der Waals surface area contributed by atoms with Crippen LogP contribution in [0, 0.1) is 0 Å². The van der Waals surface area contributed by atoms with E-state index in [0.29, 0.717) is 28.7 Å². The van der Waals surface area contributed by atoms with Crippen molar-refractivity contribution in [2.24, 2.45) is 0 Å². The summed E-state index contributed by atoms with van der Waals surface area (Å²) in [5.41, 5.74) is 0.474. The molecule has 0 unspecified atom stereocenters. The Bertz CT molecular complexity index is 487. The van der Waals surface area contributed by atoms with Gasteiger partial charge in [-0.1, -0.05) is 29.3 Å². The van der Waals surface area contributed by atoms with Gasteiger partial charge in [-0.3, -0.25) is 4.31 Å². The van der Waals surface area contributed by atoms with Crippen LogP contribution >= 0.6 is 23.2 Å². The van der Waals surface area contributed by atoms with E-state index < -0.39 is 10.0 Å². The average molecular weight is 266 g/mol. The molecule has 0 amide bonds. The third-order valence-electron chi connectivity index (χ3n) is 2.30. The molecule has 3 nitrogen and oxygen atoms in total. The van der Waals surface area contributed by atoms with Gasteiger partial charge in [-0.15, -0.1) is 0 Å². The van der Waals surface area contributed by atoms with Gasteiger partial charge in [0.05, 0.1) is 21.5 Å². The normalized spacial score (nSPS) is 19.5. The molecule has 0 aromatic heterocycles. The molecule has 0 saturated carbocycles. The van der Waals surface area contributed by atoms with Crippen molar-refractivity contribution < 1.29 is 8.42 Å². The van der Waals surface area contributed by atoms with Gasteiger partial charge in [-0.2, -0.15) is 0 Å². The van der Waals surface area contributed by atoms with Crippen LogP contribution in [-0.4, -0.2) is 20.7 Å². The lowest BCUT2D eigenvalue weighted by Gasteiger charge is -2.18. The van der Waals surface area contributed by atoms with Crippen LogP contribution in [-0.2, 0) is 10.0 Å². The van der Waals surface area contributed by atoms with Gasteiger partial charge in [-0.05, 0) is 18.6 Å². The Balaban J connectivity index is 2.51. The number of nitrogens with zero attached hydrogens (tertiary/aromatic N) is 1. The predicted molar refractivity (Wildman–Crippen MR) is 62.2 cm³/mol.